The van der Waals surface area contributed by atoms with E-state index in [1.807, 2.05) is 47.9 Å². The van der Waals surface area contributed by atoms with Gasteiger partial charge in [0.1, 0.15) is 11.4 Å². The van der Waals surface area contributed by atoms with E-state index in [9.17, 15) is 9.90 Å². The average molecular weight is 548 g/mol. The Labute approximate surface area is 230 Å². The molecular formula is C28H26ClN5O3S. The van der Waals surface area contributed by atoms with Gasteiger partial charge in [-0.25, -0.2) is 5.43 Å². The maximum absolute atomic E-state index is 12.5. The van der Waals surface area contributed by atoms with Crippen LogP contribution in [0, 0.1) is 0 Å². The number of ether oxygens (including phenoxy) is 1. The molecule has 0 bridgehead atoms. The van der Waals surface area contributed by atoms with E-state index >= 15 is 0 Å². The normalized spacial score (nSPS) is 11.0. The van der Waals surface area contributed by atoms with Crippen LogP contribution in [0.2, 0.25) is 5.02 Å². The van der Waals surface area contributed by atoms with Gasteiger partial charge < -0.3 is 9.84 Å². The number of nitrogens with one attached hydrogen (secondary N) is 2. The predicted molar refractivity (Wildman–Crippen MR) is 148 cm³/mol. The monoisotopic (exact) mass is 547 g/mol. The van der Waals surface area contributed by atoms with Gasteiger partial charge in [-0.2, -0.15) is 9.67 Å². The van der Waals surface area contributed by atoms with Crippen molar-refractivity contribution in [2.24, 2.45) is 5.10 Å². The number of para-hydroxylation sites is 1. The third kappa shape index (κ3) is 6.62. The number of amides is 1. The number of H-pyrrole nitrogens is 1. The number of aromatic amines is 1. The largest absolute Gasteiger partial charge is 0.872 e. The first-order chi connectivity index (χ1) is 18.5. The molecule has 4 aromatic rings. The molecule has 0 saturated heterocycles. The number of halogens is 1. The van der Waals surface area contributed by atoms with Crippen LogP contribution in [-0.2, 0) is 11.2 Å². The molecule has 2 N–H and O–H groups in total. The molecule has 1 aromatic heterocycles. The van der Waals surface area contributed by atoms with Crippen LogP contribution in [0.15, 0.2) is 89.6 Å². The van der Waals surface area contributed by atoms with Crippen molar-refractivity contribution >= 4 is 35.5 Å². The summed E-state index contributed by atoms with van der Waals surface area (Å²) < 4.78 is 7.49. The highest BCUT2D eigenvalue weighted by Gasteiger charge is 2.24. The van der Waals surface area contributed by atoms with Gasteiger partial charge in [0.25, 0.3) is 11.7 Å². The van der Waals surface area contributed by atoms with E-state index in [0.29, 0.717) is 34.3 Å². The summed E-state index contributed by atoms with van der Waals surface area (Å²) in [4.78, 5) is 12.5. The third-order valence-electron chi connectivity index (χ3n) is 5.41. The summed E-state index contributed by atoms with van der Waals surface area (Å²) >= 11 is 7.32. The van der Waals surface area contributed by atoms with Crippen molar-refractivity contribution in [3.8, 4) is 28.6 Å². The van der Waals surface area contributed by atoms with E-state index in [4.69, 9.17) is 16.3 Å². The predicted octanol–water partition coefficient (Wildman–Crippen LogP) is 4.45. The molecule has 0 spiro atoms. The minimum Gasteiger partial charge on any atom is -0.872 e. The van der Waals surface area contributed by atoms with Crippen LogP contribution in [0.5, 0.6) is 11.5 Å². The van der Waals surface area contributed by atoms with E-state index in [-0.39, 0.29) is 17.4 Å². The van der Waals surface area contributed by atoms with E-state index in [1.54, 1.807) is 36.4 Å². The summed E-state index contributed by atoms with van der Waals surface area (Å²) in [5, 5.41) is 25.1. The van der Waals surface area contributed by atoms with Gasteiger partial charge in [-0.05, 0) is 79.2 Å². The highest BCUT2D eigenvalue weighted by atomic mass is 35.5. The molecule has 0 atom stereocenters. The van der Waals surface area contributed by atoms with Crippen molar-refractivity contribution in [3.63, 3.8) is 0 Å². The summed E-state index contributed by atoms with van der Waals surface area (Å²) in [6.07, 6.45) is 3.49. The lowest BCUT2D eigenvalue weighted by atomic mass is 10.1. The number of carbonyl (C=O) groups is 1. The first-order valence-electron chi connectivity index (χ1n) is 11.8. The molecule has 0 saturated carbocycles. The number of hydrogen-bond donors (Lipinski definition) is 2. The number of allylic oxidation sites excluding steroid dienone is 1. The second-order valence-electron chi connectivity index (χ2n) is 8.03. The number of rotatable bonds is 11. The topological polar surface area (TPSA) is 106 Å². The molecule has 194 valence electrons. The molecule has 0 unspecified atom stereocenters. The molecule has 0 fully saturated rings. The molecule has 38 heavy (non-hydrogen) atoms. The van der Waals surface area contributed by atoms with Gasteiger partial charge in [-0.15, -0.1) is 11.7 Å². The number of hydrazone groups is 1. The number of carbonyl (C=O) groups excluding carboxylic acids is 1. The van der Waals surface area contributed by atoms with Gasteiger partial charge in [0.05, 0.1) is 29.2 Å². The van der Waals surface area contributed by atoms with Crippen molar-refractivity contribution in [2.45, 2.75) is 18.5 Å². The van der Waals surface area contributed by atoms with Crippen LogP contribution in [0.3, 0.4) is 0 Å². The van der Waals surface area contributed by atoms with Crippen LogP contribution in [0.4, 0.5) is 0 Å². The number of nitrogens with zero attached hydrogens (tertiary/aromatic N) is 3. The van der Waals surface area contributed by atoms with Gasteiger partial charge >= 0.3 is 5.16 Å². The summed E-state index contributed by atoms with van der Waals surface area (Å²) in [7, 11) is 0. The van der Waals surface area contributed by atoms with Gasteiger partial charge in [-0.3, -0.25) is 4.79 Å². The lowest BCUT2D eigenvalue weighted by Crippen LogP contribution is -2.34. The van der Waals surface area contributed by atoms with Crippen LogP contribution in [0.25, 0.3) is 17.1 Å². The van der Waals surface area contributed by atoms with Gasteiger partial charge in [0.2, 0.25) is 0 Å². The van der Waals surface area contributed by atoms with Crippen molar-refractivity contribution < 1.29 is 19.2 Å². The van der Waals surface area contributed by atoms with Crippen molar-refractivity contribution in [3.05, 3.63) is 95.5 Å². The van der Waals surface area contributed by atoms with E-state index in [1.165, 1.54) is 18.0 Å². The Hall–Kier alpha value is -4.08. The Kier molecular flexibility index (Phi) is 9.18. The number of hydrogen-bond acceptors (Lipinski definition) is 6. The Bertz CT molecular complexity index is 1440. The van der Waals surface area contributed by atoms with Crippen molar-refractivity contribution in [2.75, 3.05) is 12.4 Å². The third-order valence-corrected chi connectivity index (χ3v) is 6.60. The Balaban J connectivity index is 1.50. The second-order valence-corrected chi connectivity index (χ2v) is 9.41. The molecule has 0 aliphatic heterocycles. The lowest BCUT2D eigenvalue weighted by Gasteiger charge is -2.15. The Morgan fingerprint density at radius 2 is 1.97 bits per heavy atom. The zero-order valence-electron chi connectivity index (χ0n) is 20.7. The molecule has 3 aromatic carbocycles. The molecule has 10 heteroatoms. The fourth-order valence-electron chi connectivity index (χ4n) is 3.65. The van der Waals surface area contributed by atoms with E-state index in [2.05, 4.69) is 27.3 Å². The maximum atomic E-state index is 12.5. The number of aromatic nitrogens is 3. The highest BCUT2D eigenvalue weighted by Crippen LogP contribution is 2.23. The zero-order valence-corrected chi connectivity index (χ0v) is 22.3. The molecule has 0 aliphatic carbocycles. The summed E-state index contributed by atoms with van der Waals surface area (Å²) in [5.74, 6) is 1.07. The average Bonchev–Trinajstić information content (AvgIpc) is 3.34. The number of benzene rings is 3. The quantitative estimate of drug-likeness (QED) is 0.0948. The summed E-state index contributed by atoms with van der Waals surface area (Å²) in [6, 6.07) is 20.2. The summed E-state index contributed by atoms with van der Waals surface area (Å²) in [5.41, 5.74) is 5.22. The minimum atomic E-state index is -0.338. The SMILES string of the molecule is C=CCc1cccc(/C=N/NC(=O)CSc2n[nH]c(-c3ccc(Cl)cc3)[n+]2-c2ccc(OCC)cc2)c1[O-]. The molecule has 1 amide bonds. The highest BCUT2D eigenvalue weighted by molar-refractivity contribution is 7.99. The standard InChI is InChI=1S/C28H26ClN5O3S/c1-3-6-19-7-5-8-21(26(19)36)17-30-31-25(35)18-38-28-33-32-27(20-9-11-22(29)12-10-20)34(28)23-13-15-24(16-14-23)37-4-2/h3,5,7-17H,1,4,6,18H2,2H3,(H2,30,31,35,36). The van der Waals surface area contributed by atoms with Crippen LogP contribution in [0.1, 0.15) is 18.1 Å². The molecule has 0 radical (unpaired) electrons. The van der Waals surface area contributed by atoms with Gasteiger partial charge in [-0.1, -0.05) is 47.2 Å². The molecule has 4 rings (SSSR count). The van der Waals surface area contributed by atoms with Crippen molar-refractivity contribution in [1.82, 2.24) is 15.6 Å². The molecule has 0 aliphatic rings. The summed E-state index contributed by atoms with van der Waals surface area (Å²) in [6.45, 7) is 6.17. The Morgan fingerprint density at radius 1 is 1.21 bits per heavy atom. The smallest absolute Gasteiger partial charge is 0.342 e. The fourth-order valence-corrected chi connectivity index (χ4v) is 4.54. The van der Waals surface area contributed by atoms with Crippen molar-refractivity contribution in [1.29, 1.82) is 0 Å². The number of thioether (sulfide) groups is 1. The second kappa shape index (κ2) is 12.9. The molecular weight excluding hydrogens is 522 g/mol. The molecule has 1 heterocycles. The van der Waals surface area contributed by atoms with E-state index < -0.39 is 0 Å². The lowest BCUT2D eigenvalue weighted by molar-refractivity contribution is -0.625. The first kappa shape index (κ1) is 27.0. The molecule has 8 nitrogen and oxygen atoms in total. The Morgan fingerprint density at radius 3 is 2.68 bits per heavy atom. The maximum Gasteiger partial charge on any atom is 0.342 e. The van der Waals surface area contributed by atoms with Gasteiger partial charge in [0.15, 0.2) is 0 Å². The van der Waals surface area contributed by atoms with E-state index in [0.717, 1.165) is 22.8 Å². The zero-order chi connectivity index (χ0) is 26.9. The van der Waals surface area contributed by atoms with Gasteiger partial charge in [0, 0.05) is 5.02 Å². The van der Waals surface area contributed by atoms with Crippen LogP contribution < -0.4 is 19.8 Å². The van der Waals surface area contributed by atoms with Crippen LogP contribution >= 0.6 is 23.4 Å². The fraction of sp³-hybridized carbons (Fsp3) is 0.143. The first-order valence-corrected chi connectivity index (χ1v) is 13.2. The van der Waals surface area contributed by atoms with Crippen LogP contribution in [-0.4, -0.2) is 34.7 Å². The minimum absolute atomic E-state index is 0.0556.